The lowest BCUT2D eigenvalue weighted by molar-refractivity contribution is 0.0515. The van der Waals surface area contributed by atoms with Gasteiger partial charge in [0.25, 0.3) is 0 Å². The first-order valence-electron chi connectivity index (χ1n) is 7.89. The summed E-state index contributed by atoms with van der Waals surface area (Å²) in [5.74, 6) is 0.411. The smallest absolute Gasteiger partial charge is 0.135 e. The molecule has 0 bridgehead atoms. The summed E-state index contributed by atoms with van der Waals surface area (Å²) in [6, 6.07) is 7.79. The standard InChI is InChI=1S/C17H18N6O2/c1-25-9-11(24)7-23-8-13-16(22-23)12-3-2-10(14-4-5-19-21-14)6-15(12)20-17(13)18/h2-6,8,11,24H,7,9H2,1H3,(H2,18,20)(H,19,21). The fourth-order valence-electron chi connectivity index (χ4n) is 2.96. The molecule has 0 spiro atoms. The number of H-pyrrole nitrogens is 1. The van der Waals surface area contributed by atoms with Gasteiger partial charge in [0.2, 0.25) is 0 Å². The van der Waals surface area contributed by atoms with Gasteiger partial charge in [-0.05, 0) is 18.2 Å². The van der Waals surface area contributed by atoms with Crippen molar-refractivity contribution in [3.8, 4) is 11.3 Å². The molecule has 8 heteroatoms. The normalized spacial score (nSPS) is 12.9. The number of ether oxygens (including phenoxy) is 1. The maximum atomic E-state index is 9.91. The molecular formula is C17H18N6O2. The third-order valence-electron chi connectivity index (χ3n) is 4.08. The van der Waals surface area contributed by atoms with E-state index < -0.39 is 6.10 Å². The van der Waals surface area contributed by atoms with E-state index in [4.69, 9.17) is 10.5 Å². The summed E-state index contributed by atoms with van der Waals surface area (Å²) in [5, 5.41) is 23.2. The number of aliphatic hydroxyl groups excluding tert-OH is 1. The first kappa shape index (κ1) is 15.6. The summed E-state index contributed by atoms with van der Waals surface area (Å²) in [6.45, 7) is 0.576. The number of aromatic nitrogens is 5. The van der Waals surface area contributed by atoms with Crippen molar-refractivity contribution in [1.29, 1.82) is 0 Å². The number of aromatic amines is 1. The molecule has 0 fully saturated rings. The number of nitrogen functional groups attached to an aromatic ring is 1. The summed E-state index contributed by atoms with van der Waals surface area (Å²) >= 11 is 0. The van der Waals surface area contributed by atoms with Gasteiger partial charge in [0.15, 0.2) is 0 Å². The van der Waals surface area contributed by atoms with Gasteiger partial charge in [-0.2, -0.15) is 10.2 Å². The average Bonchev–Trinajstić information content (AvgIpc) is 3.24. The Balaban J connectivity index is 1.81. The average molecular weight is 338 g/mol. The van der Waals surface area contributed by atoms with Crippen LogP contribution in [0.5, 0.6) is 0 Å². The quantitative estimate of drug-likeness (QED) is 0.509. The van der Waals surface area contributed by atoms with Crippen LogP contribution in [0.25, 0.3) is 33.1 Å². The van der Waals surface area contributed by atoms with Gasteiger partial charge in [-0.3, -0.25) is 9.78 Å². The Morgan fingerprint density at radius 3 is 2.96 bits per heavy atom. The van der Waals surface area contributed by atoms with Gasteiger partial charge < -0.3 is 15.6 Å². The second-order valence-corrected chi connectivity index (χ2v) is 5.91. The number of rotatable bonds is 5. The number of benzene rings is 1. The summed E-state index contributed by atoms with van der Waals surface area (Å²) in [7, 11) is 1.55. The zero-order valence-corrected chi connectivity index (χ0v) is 13.7. The summed E-state index contributed by atoms with van der Waals surface area (Å²) in [6.07, 6.45) is 2.95. The number of hydrogen-bond acceptors (Lipinski definition) is 6. The molecular weight excluding hydrogens is 320 g/mol. The third kappa shape index (κ3) is 2.81. The number of hydrogen-bond donors (Lipinski definition) is 3. The SMILES string of the molecule is COCC(O)Cn1cc2c(N)nc3cc(-c4cc[nH]n4)ccc3c2n1. The van der Waals surface area contributed by atoms with E-state index in [1.165, 1.54) is 0 Å². The number of pyridine rings is 1. The molecule has 25 heavy (non-hydrogen) atoms. The molecule has 0 saturated carbocycles. The van der Waals surface area contributed by atoms with Gasteiger partial charge in [-0.1, -0.05) is 6.07 Å². The highest BCUT2D eigenvalue weighted by Crippen LogP contribution is 2.29. The van der Waals surface area contributed by atoms with Crippen LogP contribution in [-0.2, 0) is 11.3 Å². The van der Waals surface area contributed by atoms with Crippen LogP contribution in [0.4, 0.5) is 5.82 Å². The number of nitrogens with two attached hydrogens (primary N) is 1. The molecule has 0 radical (unpaired) electrons. The largest absolute Gasteiger partial charge is 0.389 e. The minimum Gasteiger partial charge on any atom is -0.389 e. The Morgan fingerprint density at radius 1 is 1.32 bits per heavy atom. The van der Waals surface area contributed by atoms with Crippen LogP contribution < -0.4 is 5.73 Å². The number of methoxy groups -OCH3 is 1. The predicted octanol–water partition coefficient (Wildman–Crippen LogP) is 1.56. The van der Waals surface area contributed by atoms with Crippen molar-refractivity contribution in [2.45, 2.75) is 12.6 Å². The number of fused-ring (bicyclic) bond motifs is 3. The first-order valence-corrected chi connectivity index (χ1v) is 7.89. The van der Waals surface area contributed by atoms with Gasteiger partial charge >= 0.3 is 0 Å². The van der Waals surface area contributed by atoms with Gasteiger partial charge in [0, 0.05) is 30.5 Å². The van der Waals surface area contributed by atoms with Crippen molar-refractivity contribution in [2.24, 2.45) is 0 Å². The van der Waals surface area contributed by atoms with Gasteiger partial charge in [-0.25, -0.2) is 4.98 Å². The molecule has 3 heterocycles. The number of anilines is 1. The Morgan fingerprint density at radius 2 is 2.20 bits per heavy atom. The monoisotopic (exact) mass is 338 g/mol. The summed E-state index contributed by atoms with van der Waals surface area (Å²) in [5.41, 5.74) is 9.44. The van der Waals surface area contributed by atoms with Gasteiger partial charge in [0.1, 0.15) is 11.3 Å². The van der Waals surface area contributed by atoms with Crippen LogP contribution in [0.2, 0.25) is 0 Å². The van der Waals surface area contributed by atoms with Crippen molar-refractivity contribution >= 4 is 27.6 Å². The second kappa shape index (κ2) is 6.15. The Hall–Kier alpha value is -2.97. The first-order chi connectivity index (χ1) is 12.2. The number of nitrogens with zero attached hydrogens (tertiary/aromatic N) is 4. The lowest BCUT2D eigenvalue weighted by Crippen LogP contribution is -2.21. The van der Waals surface area contributed by atoms with E-state index in [9.17, 15) is 5.11 Å². The predicted molar refractivity (Wildman–Crippen MR) is 94.9 cm³/mol. The lowest BCUT2D eigenvalue weighted by atomic mass is 10.1. The van der Waals surface area contributed by atoms with Crippen LogP contribution in [0.1, 0.15) is 0 Å². The van der Waals surface area contributed by atoms with Crippen molar-refractivity contribution in [3.05, 3.63) is 36.7 Å². The van der Waals surface area contributed by atoms with E-state index in [1.54, 1.807) is 24.2 Å². The molecule has 0 amide bonds. The molecule has 4 N–H and O–H groups in total. The minimum absolute atomic E-state index is 0.248. The molecule has 0 saturated heterocycles. The van der Waals surface area contributed by atoms with E-state index in [0.717, 1.165) is 33.1 Å². The summed E-state index contributed by atoms with van der Waals surface area (Å²) in [4.78, 5) is 4.50. The van der Waals surface area contributed by atoms with Crippen molar-refractivity contribution < 1.29 is 9.84 Å². The molecule has 128 valence electrons. The molecule has 1 aromatic carbocycles. The van der Waals surface area contributed by atoms with Crippen LogP contribution in [0.15, 0.2) is 36.7 Å². The molecule has 1 unspecified atom stereocenters. The highest BCUT2D eigenvalue weighted by atomic mass is 16.5. The number of aliphatic hydroxyl groups is 1. The minimum atomic E-state index is -0.633. The lowest BCUT2D eigenvalue weighted by Gasteiger charge is -2.08. The van der Waals surface area contributed by atoms with E-state index in [1.807, 2.05) is 24.3 Å². The molecule has 0 aliphatic heterocycles. The maximum absolute atomic E-state index is 9.91. The Labute approximate surface area is 143 Å². The zero-order valence-electron chi connectivity index (χ0n) is 13.7. The Bertz CT molecular complexity index is 1020. The van der Waals surface area contributed by atoms with Crippen LogP contribution in [0.3, 0.4) is 0 Å². The van der Waals surface area contributed by atoms with Gasteiger partial charge in [-0.15, -0.1) is 0 Å². The van der Waals surface area contributed by atoms with Crippen LogP contribution in [0, 0.1) is 0 Å². The highest BCUT2D eigenvalue weighted by Gasteiger charge is 2.14. The molecule has 3 aromatic heterocycles. The van der Waals surface area contributed by atoms with Crippen LogP contribution in [-0.4, -0.2) is 49.9 Å². The van der Waals surface area contributed by atoms with E-state index in [0.29, 0.717) is 12.4 Å². The van der Waals surface area contributed by atoms with Crippen molar-refractivity contribution in [3.63, 3.8) is 0 Å². The second-order valence-electron chi connectivity index (χ2n) is 5.91. The fraction of sp³-hybridized carbons (Fsp3) is 0.235. The Kier molecular flexibility index (Phi) is 3.83. The van der Waals surface area contributed by atoms with Crippen LogP contribution >= 0.6 is 0 Å². The van der Waals surface area contributed by atoms with Crippen molar-refractivity contribution in [1.82, 2.24) is 25.0 Å². The third-order valence-corrected chi connectivity index (χ3v) is 4.08. The molecule has 0 aliphatic carbocycles. The van der Waals surface area contributed by atoms with E-state index in [-0.39, 0.29) is 6.61 Å². The summed E-state index contributed by atoms with van der Waals surface area (Å²) < 4.78 is 6.63. The molecule has 0 aliphatic rings. The van der Waals surface area contributed by atoms with E-state index >= 15 is 0 Å². The van der Waals surface area contributed by atoms with E-state index in [2.05, 4.69) is 20.3 Å². The number of nitrogens with one attached hydrogen (secondary N) is 1. The molecule has 1 atom stereocenters. The molecule has 4 rings (SSSR count). The molecule has 4 aromatic rings. The maximum Gasteiger partial charge on any atom is 0.135 e. The fourth-order valence-corrected chi connectivity index (χ4v) is 2.96. The topological polar surface area (TPSA) is 115 Å². The van der Waals surface area contributed by atoms with Crippen molar-refractivity contribution in [2.75, 3.05) is 19.5 Å². The van der Waals surface area contributed by atoms with Gasteiger partial charge in [0.05, 0.1) is 35.9 Å². The zero-order chi connectivity index (χ0) is 17.4. The highest BCUT2D eigenvalue weighted by molar-refractivity contribution is 6.08. The molecule has 8 nitrogen and oxygen atoms in total.